The van der Waals surface area contributed by atoms with Gasteiger partial charge in [-0.05, 0) is 24.6 Å². The van der Waals surface area contributed by atoms with Gasteiger partial charge < -0.3 is 5.11 Å². The first-order chi connectivity index (χ1) is 11.4. The van der Waals surface area contributed by atoms with Crippen LogP contribution in [0.2, 0.25) is 0 Å². The summed E-state index contributed by atoms with van der Waals surface area (Å²) in [7, 11) is -3.52. The molecule has 1 aromatic carbocycles. The number of nitriles is 1. The van der Waals surface area contributed by atoms with Crippen LogP contribution in [0.25, 0.3) is 0 Å². The van der Waals surface area contributed by atoms with Crippen LogP contribution in [0.1, 0.15) is 37.8 Å². The number of aliphatic hydroxyl groups excluding tert-OH is 1. The first kappa shape index (κ1) is 18.5. The van der Waals surface area contributed by atoms with Gasteiger partial charge in [-0.15, -0.1) is 0 Å². The van der Waals surface area contributed by atoms with Crippen molar-refractivity contribution in [2.24, 2.45) is 5.92 Å². The SMILES string of the molecule is CCS(=O)(=O)N1[C@H](C#N)[C@@H](c2ccc(C#CC(C)C)cc2)[C@H]1CO. The van der Waals surface area contributed by atoms with Gasteiger partial charge in [-0.2, -0.15) is 9.57 Å². The van der Waals surface area contributed by atoms with E-state index in [2.05, 4.69) is 17.9 Å². The summed E-state index contributed by atoms with van der Waals surface area (Å²) in [4.78, 5) is 0. The number of aliphatic hydroxyl groups is 1. The summed E-state index contributed by atoms with van der Waals surface area (Å²) in [6.45, 7) is 5.26. The van der Waals surface area contributed by atoms with E-state index in [-0.39, 0.29) is 24.2 Å². The molecule has 128 valence electrons. The highest BCUT2D eigenvalue weighted by molar-refractivity contribution is 7.89. The van der Waals surface area contributed by atoms with Crippen LogP contribution in [-0.4, -0.2) is 42.3 Å². The molecular formula is C18H22N2O3S. The Morgan fingerprint density at radius 2 is 1.92 bits per heavy atom. The van der Waals surface area contributed by atoms with Gasteiger partial charge >= 0.3 is 0 Å². The fourth-order valence-electron chi connectivity index (χ4n) is 2.91. The van der Waals surface area contributed by atoms with Gasteiger partial charge in [-0.1, -0.05) is 37.8 Å². The maximum Gasteiger partial charge on any atom is 0.215 e. The predicted octanol–water partition coefficient (Wildman–Crippen LogP) is 1.70. The van der Waals surface area contributed by atoms with E-state index < -0.39 is 22.1 Å². The molecule has 0 aliphatic carbocycles. The molecule has 1 aromatic rings. The third-order valence-corrected chi connectivity index (χ3v) is 6.03. The maximum absolute atomic E-state index is 12.1. The summed E-state index contributed by atoms with van der Waals surface area (Å²) >= 11 is 0. The zero-order chi connectivity index (χ0) is 17.9. The standard InChI is InChI=1S/C18H22N2O3S/c1-4-24(22,23)20-16(11-19)18(17(20)12-21)15-9-7-14(8-10-15)6-5-13(2)3/h7-10,13,16-18,21H,4,12H2,1-3H3/t16-,17-,18-/m1/s1. The monoisotopic (exact) mass is 346 g/mol. The minimum Gasteiger partial charge on any atom is -0.395 e. The van der Waals surface area contributed by atoms with E-state index in [4.69, 9.17) is 0 Å². The molecule has 1 aliphatic heterocycles. The molecular weight excluding hydrogens is 324 g/mol. The predicted molar refractivity (Wildman–Crippen MR) is 92.5 cm³/mol. The van der Waals surface area contributed by atoms with E-state index in [1.807, 2.05) is 38.1 Å². The summed E-state index contributed by atoms with van der Waals surface area (Å²) in [5.41, 5.74) is 1.72. The topological polar surface area (TPSA) is 81.4 Å². The second kappa shape index (κ2) is 7.36. The fourth-order valence-corrected chi connectivity index (χ4v) is 4.35. The normalized spacial score (nSPS) is 23.9. The highest BCUT2D eigenvalue weighted by Gasteiger charge is 2.54. The molecule has 1 heterocycles. The molecule has 0 aromatic heterocycles. The van der Waals surface area contributed by atoms with Gasteiger partial charge in [0.2, 0.25) is 10.0 Å². The Balaban J connectivity index is 2.29. The fraction of sp³-hybridized carbons (Fsp3) is 0.500. The summed E-state index contributed by atoms with van der Waals surface area (Å²) < 4.78 is 25.4. The molecule has 6 heteroatoms. The van der Waals surface area contributed by atoms with Crippen LogP contribution >= 0.6 is 0 Å². The zero-order valence-electron chi connectivity index (χ0n) is 14.1. The van der Waals surface area contributed by atoms with Crippen molar-refractivity contribution < 1.29 is 13.5 Å². The van der Waals surface area contributed by atoms with E-state index in [1.54, 1.807) is 0 Å². The smallest absolute Gasteiger partial charge is 0.215 e. The van der Waals surface area contributed by atoms with Crippen LogP contribution in [0.4, 0.5) is 0 Å². The summed E-state index contributed by atoms with van der Waals surface area (Å²) in [6, 6.07) is 8.15. The Kier molecular flexibility index (Phi) is 5.66. The summed E-state index contributed by atoms with van der Waals surface area (Å²) in [5, 5.41) is 19.0. The molecule has 24 heavy (non-hydrogen) atoms. The molecule has 0 saturated carbocycles. The molecule has 5 nitrogen and oxygen atoms in total. The first-order valence-electron chi connectivity index (χ1n) is 7.98. The average molecular weight is 346 g/mol. The van der Waals surface area contributed by atoms with Gasteiger partial charge in [0.05, 0.1) is 24.5 Å². The van der Waals surface area contributed by atoms with Crippen molar-refractivity contribution in [1.29, 1.82) is 5.26 Å². The van der Waals surface area contributed by atoms with Gasteiger partial charge in [0.15, 0.2) is 0 Å². The lowest BCUT2D eigenvalue weighted by molar-refractivity contribution is 0.0558. The first-order valence-corrected chi connectivity index (χ1v) is 9.59. The number of sulfonamides is 1. The average Bonchev–Trinajstić information content (AvgIpc) is 2.53. The molecule has 0 bridgehead atoms. The lowest BCUT2D eigenvalue weighted by Gasteiger charge is -2.50. The highest BCUT2D eigenvalue weighted by Crippen LogP contribution is 2.42. The van der Waals surface area contributed by atoms with Crippen LogP contribution in [-0.2, 0) is 10.0 Å². The van der Waals surface area contributed by atoms with Gasteiger partial charge in [0, 0.05) is 17.4 Å². The Bertz CT molecular complexity index is 782. The van der Waals surface area contributed by atoms with Crippen molar-refractivity contribution in [3.8, 4) is 17.9 Å². The van der Waals surface area contributed by atoms with Gasteiger partial charge in [0.1, 0.15) is 6.04 Å². The Morgan fingerprint density at radius 1 is 1.29 bits per heavy atom. The van der Waals surface area contributed by atoms with Crippen LogP contribution < -0.4 is 0 Å². The van der Waals surface area contributed by atoms with Crippen LogP contribution in [0.15, 0.2) is 24.3 Å². The van der Waals surface area contributed by atoms with E-state index in [1.165, 1.54) is 6.92 Å². The lowest BCUT2D eigenvalue weighted by atomic mass is 9.78. The molecule has 1 saturated heterocycles. The molecule has 1 aliphatic rings. The third kappa shape index (κ3) is 3.47. The van der Waals surface area contributed by atoms with E-state index in [0.717, 1.165) is 15.4 Å². The van der Waals surface area contributed by atoms with Crippen LogP contribution in [0.3, 0.4) is 0 Å². The molecule has 0 amide bonds. The Morgan fingerprint density at radius 3 is 2.38 bits per heavy atom. The maximum atomic E-state index is 12.1. The summed E-state index contributed by atoms with van der Waals surface area (Å²) in [5.74, 6) is 6.02. The van der Waals surface area contributed by atoms with Gasteiger partial charge in [0.25, 0.3) is 0 Å². The van der Waals surface area contributed by atoms with Crippen molar-refractivity contribution >= 4 is 10.0 Å². The highest BCUT2D eigenvalue weighted by atomic mass is 32.2. The second-order valence-electron chi connectivity index (χ2n) is 6.13. The van der Waals surface area contributed by atoms with Crippen molar-refractivity contribution in [2.45, 2.75) is 38.8 Å². The third-order valence-electron chi connectivity index (χ3n) is 4.16. The Hall–Kier alpha value is -1.86. The van der Waals surface area contributed by atoms with E-state index >= 15 is 0 Å². The second-order valence-corrected chi connectivity index (χ2v) is 8.29. The molecule has 0 spiro atoms. The van der Waals surface area contributed by atoms with Gasteiger partial charge in [-0.25, -0.2) is 8.42 Å². The quantitative estimate of drug-likeness (QED) is 0.841. The number of hydrogen-bond donors (Lipinski definition) is 1. The lowest BCUT2D eigenvalue weighted by Crippen LogP contribution is -2.65. The van der Waals surface area contributed by atoms with E-state index in [9.17, 15) is 18.8 Å². The number of hydrogen-bond acceptors (Lipinski definition) is 4. The van der Waals surface area contributed by atoms with Crippen LogP contribution in [0, 0.1) is 29.1 Å². The number of nitrogens with zero attached hydrogens (tertiary/aromatic N) is 2. The molecule has 1 N–H and O–H groups in total. The van der Waals surface area contributed by atoms with Crippen molar-refractivity contribution in [3.05, 3.63) is 35.4 Å². The van der Waals surface area contributed by atoms with E-state index in [0.29, 0.717) is 0 Å². The molecule has 3 atom stereocenters. The van der Waals surface area contributed by atoms with Crippen LogP contribution in [0.5, 0.6) is 0 Å². The molecule has 0 radical (unpaired) electrons. The minimum absolute atomic E-state index is 0.0852. The minimum atomic E-state index is -3.52. The van der Waals surface area contributed by atoms with Gasteiger partial charge in [-0.3, -0.25) is 0 Å². The number of rotatable bonds is 4. The summed E-state index contributed by atoms with van der Waals surface area (Å²) in [6.07, 6.45) is 0. The molecule has 2 rings (SSSR count). The number of benzene rings is 1. The Labute approximate surface area is 144 Å². The largest absolute Gasteiger partial charge is 0.395 e. The zero-order valence-corrected chi connectivity index (χ0v) is 14.9. The molecule has 1 fully saturated rings. The van der Waals surface area contributed by atoms with Crippen molar-refractivity contribution in [2.75, 3.05) is 12.4 Å². The molecule has 0 unspecified atom stereocenters. The van der Waals surface area contributed by atoms with Crippen molar-refractivity contribution in [3.63, 3.8) is 0 Å². The van der Waals surface area contributed by atoms with Crippen molar-refractivity contribution in [1.82, 2.24) is 4.31 Å².